The number of nitrogens with zero attached hydrogens (tertiary/aromatic N) is 1. The fourth-order valence-electron chi connectivity index (χ4n) is 4.36. The van der Waals surface area contributed by atoms with E-state index in [2.05, 4.69) is 24.1 Å². The maximum absolute atomic E-state index is 10.2. The molecule has 1 aromatic carbocycles. The number of nitrogens with two attached hydrogens (primary N) is 1. The van der Waals surface area contributed by atoms with Crippen LogP contribution in [0.1, 0.15) is 71.6 Å². The average molecular weight is 362 g/mol. The number of hydrogen-bond donors (Lipinski definition) is 3. The normalized spacial score (nSPS) is 18.9. The molecule has 2 atom stereocenters. The van der Waals surface area contributed by atoms with E-state index in [-0.39, 0.29) is 18.7 Å². The number of benzene rings is 1. The van der Waals surface area contributed by atoms with Crippen LogP contribution in [0.3, 0.4) is 0 Å². The zero-order valence-corrected chi connectivity index (χ0v) is 16.8. The van der Waals surface area contributed by atoms with E-state index >= 15 is 0 Å². The summed E-state index contributed by atoms with van der Waals surface area (Å²) in [6.45, 7) is 5.75. The lowest BCUT2D eigenvalue weighted by atomic mass is 9.93. The molecule has 1 saturated carbocycles. The van der Waals surface area contributed by atoms with Crippen LogP contribution in [0.15, 0.2) is 24.3 Å². The average Bonchev–Trinajstić information content (AvgIpc) is 2.60. The maximum atomic E-state index is 10.2. The van der Waals surface area contributed by atoms with Crippen LogP contribution in [0.5, 0.6) is 0 Å². The van der Waals surface area contributed by atoms with Gasteiger partial charge in [-0.1, -0.05) is 51.2 Å². The summed E-state index contributed by atoms with van der Waals surface area (Å²) in [5.41, 5.74) is 7.84. The quantitative estimate of drug-likeness (QED) is 0.561. The maximum Gasteiger partial charge on any atom is 0.0587 e. The molecule has 0 aliphatic heterocycles. The largest absolute Gasteiger partial charge is 0.397 e. The fourth-order valence-corrected chi connectivity index (χ4v) is 4.36. The van der Waals surface area contributed by atoms with Crippen LogP contribution >= 0.6 is 0 Å². The van der Waals surface area contributed by atoms with Gasteiger partial charge in [0.25, 0.3) is 0 Å². The highest BCUT2D eigenvalue weighted by Gasteiger charge is 2.27. The number of para-hydroxylation sites is 2. The predicted octanol–water partition coefficient (Wildman–Crippen LogP) is 4.65. The Morgan fingerprint density at radius 3 is 2.42 bits per heavy atom. The highest BCUT2D eigenvalue weighted by atomic mass is 16.3. The molecule has 2 rings (SSSR count). The van der Waals surface area contributed by atoms with Crippen molar-refractivity contribution in [3.8, 4) is 0 Å². The monoisotopic (exact) mass is 361 g/mol. The van der Waals surface area contributed by atoms with Gasteiger partial charge in [-0.2, -0.15) is 0 Å². The Balaban J connectivity index is 2.00. The van der Waals surface area contributed by atoms with Crippen molar-refractivity contribution < 1.29 is 5.11 Å². The molecule has 1 aliphatic carbocycles. The third-order valence-corrected chi connectivity index (χ3v) is 5.69. The summed E-state index contributed by atoms with van der Waals surface area (Å²) in [7, 11) is 0. The predicted molar refractivity (Wildman–Crippen MR) is 113 cm³/mol. The molecular weight excluding hydrogens is 322 g/mol. The summed E-state index contributed by atoms with van der Waals surface area (Å²) in [6, 6.07) is 9.03. The van der Waals surface area contributed by atoms with E-state index in [1.807, 2.05) is 24.3 Å². The van der Waals surface area contributed by atoms with E-state index in [1.165, 1.54) is 44.9 Å². The minimum absolute atomic E-state index is 0.215. The molecule has 4 N–H and O–H groups in total. The Morgan fingerprint density at radius 1 is 1.15 bits per heavy atom. The second-order valence-corrected chi connectivity index (χ2v) is 7.94. The van der Waals surface area contributed by atoms with Crippen molar-refractivity contribution in [2.45, 2.75) is 89.8 Å². The van der Waals surface area contributed by atoms with Crippen molar-refractivity contribution in [2.75, 3.05) is 24.2 Å². The number of aliphatic hydroxyl groups is 1. The van der Waals surface area contributed by atoms with Crippen LogP contribution in [0.2, 0.25) is 0 Å². The summed E-state index contributed by atoms with van der Waals surface area (Å²) in [5, 5.41) is 13.7. The number of nitrogen functional groups attached to an aromatic ring is 1. The first-order valence-corrected chi connectivity index (χ1v) is 10.6. The van der Waals surface area contributed by atoms with Crippen LogP contribution in [-0.2, 0) is 0 Å². The van der Waals surface area contributed by atoms with Crippen LogP contribution in [0.25, 0.3) is 0 Å². The molecule has 0 bridgehead atoms. The van der Waals surface area contributed by atoms with Crippen LogP contribution in [0.4, 0.5) is 11.4 Å². The molecule has 0 aromatic heterocycles. The third kappa shape index (κ3) is 6.48. The van der Waals surface area contributed by atoms with Crippen molar-refractivity contribution in [1.29, 1.82) is 0 Å². The van der Waals surface area contributed by atoms with Crippen molar-refractivity contribution in [1.82, 2.24) is 4.90 Å². The lowest BCUT2D eigenvalue weighted by molar-refractivity contribution is 0.0624. The molecule has 1 unspecified atom stereocenters. The number of hydrogen-bond acceptors (Lipinski definition) is 4. The van der Waals surface area contributed by atoms with E-state index in [1.54, 1.807) is 0 Å². The molecule has 26 heavy (non-hydrogen) atoms. The summed E-state index contributed by atoms with van der Waals surface area (Å²) >= 11 is 0. The molecule has 1 fully saturated rings. The van der Waals surface area contributed by atoms with Crippen LogP contribution < -0.4 is 11.1 Å². The van der Waals surface area contributed by atoms with Gasteiger partial charge >= 0.3 is 0 Å². The number of nitrogens with one attached hydrogen (secondary N) is 1. The summed E-state index contributed by atoms with van der Waals surface area (Å²) < 4.78 is 0. The smallest absolute Gasteiger partial charge is 0.0587 e. The lowest BCUT2D eigenvalue weighted by Crippen LogP contribution is -2.47. The van der Waals surface area contributed by atoms with Crippen LogP contribution in [0, 0.1) is 0 Å². The highest BCUT2D eigenvalue weighted by molar-refractivity contribution is 5.65. The van der Waals surface area contributed by atoms with E-state index in [0.717, 1.165) is 30.8 Å². The second kappa shape index (κ2) is 11.5. The Kier molecular flexibility index (Phi) is 9.27. The van der Waals surface area contributed by atoms with Gasteiger partial charge in [-0.15, -0.1) is 0 Å². The van der Waals surface area contributed by atoms with Gasteiger partial charge in [0.2, 0.25) is 0 Å². The molecular formula is C22H39N3O. The SMILES string of the molecule is CCCN(C1CCCCCCC1)[C@@H](CO)CC(C)Nc1ccccc1N. The molecule has 0 spiro atoms. The Bertz CT molecular complexity index is 500. The number of rotatable bonds is 9. The van der Waals surface area contributed by atoms with Crippen molar-refractivity contribution in [3.05, 3.63) is 24.3 Å². The number of anilines is 2. The minimum Gasteiger partial charge on any atom is -0.397 e. The third-order valence-electron chi connectivity index (χ3n) is 5.69. The van der Waals surface area contributed by atoms with E-state index < -0.39 is 0 Å². The molecule has 0 amide bonds. The van der Waals surface area contributed by atoms with Gasteiger partial charge in [-0.25, -0.2) is 0 Å². The second-order valence-electron chi connectivity index (χ2n) is 7.94. The Morgan fingerprint density at radius 2 is 1.81 bits per heavy atom. The van der Waals surface area contributed by atoms with Crippen molar-refractivity contribution in [2.24, 2.45) is 0 Å². The Labute approximate surface area is 160 Å². The van der Waals surface area contributed by atoms with Crippen molar-refractivity contribution >= 4 is 11.4 Å². The fraction of sp³-hybridized carbons (Fsp3) is 0.727. The molecule has 4 nitrogen and oxygen atoms in total. The van der Waals surface area contributed by atoms with Gasteiger partial charge in [0.1, 0.15) is 0 Å². The summed E-state index contributed by atoms with van der Waals surface area (Å²) in [4.78, 5) is 2.61. The topological polar surface area (TPSA) is 61.5 Å². The first-order chi connectivity index (χ1) is 12.7. The minimum atomic E-state index is 0.215. The highest BCUT2D eigenvalue weighted by Crippen LogP contribution is 2.26. The standard InChI is InChI=1S/C22H39N3O/c1-3-15-25(19-11-7-5-4-6-8-12-19)20(17-26)16-18(2)24-22-14-10-9-13-21(22)23/h9-10,13-14,18-20,24,26H,3-8,11-12,15-17,23H2,1-2H3/t18?,20-/m1/s1. The molecule has 0 radical (unpaired) electrons. The first kappa shape index (κ1) is 21.0. The van der Waals surface area contributed by atoms with Crippen molar-refractivity contribution in [3.63, 3.8) is 0 Å². The lowest BCUT2D eigenvalue weighted by Gasteiger charge is -2.39. The zero-order valence-electron chi connectivity index (χ0n) is 16.8. The van der Waals surface area contributed by atoms with Gasteiger partial charge in [0.05, 0.1) is 18.0 Å². The zero-order chi connectivity index (χ0) is 18.8. The molecule has 1 aliphatic rings. The van der Waals surface area contributed by atoms with E-state index in [9.17, 15) is 5.11 Å². The molecule has 1 aromatic rings. The molecule has 148 valence electrons. The van der Waals surface area contributed by atoms with E-state index in [4.69, 9.17) is 5.73 Å². The molecule has 0 saturated heterocycles. The molecule has 4 heteroatoms. The van der Waals surface area contributed by atoms with Gasteiger partial charge in [0.15, 0.2) is 0 Å². The summed E-state index contributed by atoms with van der Waals surface area (Å²) in [6.07, 6.45) is 11.4. The number of aliphatic hydroxyl groups excluding tert-OH is 1. The van der Waals surface area contributed by atoms with E-state index in [0.29, 0.717) is 6.04 Å². The Hall–Kier alpha value is -1.26. The van der Waals surface area contributed by atoms with Gasteiger partial charge < -0.3 is 16.2 Å². The van der Waals surface area contributed by atoms with Gasteiger partial charge in [0, 0.05) is 18.1 Å². The van der Waals surface area contributed by atoms with Crippen LogP contribution in [-0.4, -0.2) is 41.3 Å². The molecule has 0 heterocycles. The van der Waals surface area contributed by atoms with Gasteiger partial charge in [-0.05, 0) is 51.3 Å². The summed E-state index contributed by atoms with van der Waals surface area (Å²) in [5.74, 6) is 0. The van der Waals surface area contributed by atoms with Gasteiger partial charge in [-0.3, -0.25) is 4.90 Å². The first-order valence-electron chi connectivity index (χ1n) is 10.6.